The second-order valence-electron chi connectivity index (χ2n) is 40.9. The van der Waals surface area contributed by atoms with E-state index in [2.05, 4.69) is 376 Å². The largest absolute Gasteiger partial charge is 0.392 e. The quantitative estimate of drug-likeness (QED) is 0.134. The molecule has 0 radical (unpaired) electrons. The minimum Gasteiger partial charge on any atom is -0.392 e. The molecule has 0 bridgehead atoms. The van der Waals surface area contributed by atoms with Gasteiger partial charge < -0.3 is 5.11 Å². The zero-order chi connectivity index (χ0) is 96.1. The first-order valence-corrected chi connectivity index (χ1v) is 45.0. The molecule has 9 heterocycles. The Bertz CT molecular complexity index is 4700. The Kier molecular flexibility index (Phi) is 47.6. The van der Waals surface area contributed by atoms with Gasteiger partial charge in [-0.05, 0) is 289 Å². The first-order chi connectivity index (χ1) is 57.5. The van der Waals surface area contributed by atoms with Crippen LogP contribution >= 0.6 is 39.1 Å². The lowest BCUT2D eigenvalue weighted by atomic mass is 9.84. The number of aryl methyl sites for hydroxylation is 6. The van der Waals surface area contributed by atoms with E-state index < -0.39 is 0 Å². The highest BCUT2D eigenvalue weighted by atomic mass is 79.9. The Hall–Kier alpha value is -9.14. The minimum atomic E-state index is 0.00808. The van der Waals surface area contributed by atoms with E-state index in [9.17, 15) is 0 Å². The molecule has 2 aromatic carbocycles. The standard InChI is InChI=1S/C11H17NO.C11H13N.C11H16.C10H13Cl.C10H12N2.4C10H15N.C9H12BrN.C9H12ClN/c1-8-9(7-13)5-12-6-10(8)11(2,3)4;1-5-9-6-7-12-8-10(9)11(2,3)4;1-8(2)11-7-5-6-9(3)10(11)4;1-7(2)9-5-4-6-10(11)8(9)3;1-10(2,3)8-7-12-6-5-9(8)11-4;1-7(2)10-6-11-9(4)5-8(10)3;3*1-8-5-6-11-7-9(8)10(2,3)4;2*1-9(2,3)7-6-11-5-4-8(7)10/h5-6,13H,7H2,1-4H3;1,6-8H,2-4H3;5-8H,1-4H3;4-7H,1-3H3;5-7H,1-3H3;4*5-7H,1-4H3;2*4-6H,1-3H3. The summed E-state index contributed by atoms with van der Waals surface area (Å²) in [5, 5.41) is 10.7. The number of aromatic nitrogens is 9. The Labute approximate surface area is 778 Å². The van der Waals surface area contributed by atoms with Gasteiger partial charge in [-0.1, -0.05) is 283 Å². The van der Waals surface area contributed by atoms with Crippen molar-refractivity contribution in [3.05, 3.63) is 339 Å². The van der Waals surface area contributed by atoms with Gasteiger partial charge in [0.1, 0.15) is 0 Å². The fraction of sp³-hybridized carbons (Fsp3) is 0.459. The normalized spacial score (nSPS) is 11.2. The van der Waals surface area contributed by atoms with E-state index >= 15 is 0 Å². The van der Waals surface area contributed by atoms with Crippen molar-refractivity contribution in [2.24, 2.45) is 0 Å². The van der Waals surface area contributed by atoms with E-state index in [0.29, 0.717) is 23.4 Å². The molecule has 0 atom stereocenters. The molecule has 9 aromatic heterocycles. The molecular weight excluding hydrogens is 1640 g/mol. The molecule has 0 spiro atoms. The van der Waals surface area contributed by atoms with Gasteiger partial charge in [0, 0.05) is 131 Å². The summed E-state index contributed by atoms with van der Waals surface area (Å²) >= 11 is 15.4. The molecule has 0 aliphatic carbocycles. The second-order valence-corrected chi connectivity index (χ2v) is 42.5. The van der Waals surface area contributed by atoms with Crippen LogP contribution in [-0.4, -0.2) is 50.0 Å². The summed E-state index contributed by atoms with van der Waals surface area (Å²) in [6, 6.07) is 28.3. The van der Waals surface area contributed by atoms with Crippen LogP contribution in [0.2, 0.25) is 10.0 Å². The molecule has 0 aliphatic heterocycles. The predicted octanol–water partition coefficient (Wildman–Crippen LogP) is 31.7. The summed E-state index contributed by atoms with van der Waals surface area (Å²) < 4.78 is 1.14. The van der Waals surface area contributed by atoms with E-state index in [0.717, 1.165) is 53.6 Å². The molecule has 11 rings (SSSR count). The fourth-order valence-electron chi connectivity index (χ4n) is 13.2. The average molecular weight is 1800 g/mol. The maximum absolute atomic E-state index is 9.07. The average Bonchev–Trinajstić information content (AvgIpc) is 0.825. The number of pyridine rings is 9. The van der Waals surface area contributed by atoms with Crippen LogP contribution in [0.25, 0.3) is 4.85 Å². The van der Waals surface area contributed by atoms with Crippen LogP contribution in [0.4, 0.5) is 5.69 Å². The highest BCUT2D eigenvalue weighted by Gasteiger charge is 2.23. The summed E-state index contributed by atoms with van der Waals surface area (Å²) in [6.07, 6.45) is 36.6. The summed E-state index contributed by atoms with van der Waals surface area (Å²) in [5.74, 6) is 4.46. The van der Waals surface area contributed by atoms with Crippen molar-refractivity contribution >= 4 is 44.8 Å². The lowest BCUT2D eigenvalue weighted by molar-refractivity contribution is 0.280. The first kappa shape index (κ1) is 114. The monoisotopic (exact) mass is 1790 g/mol. The van der Waals surface area contributed by atoms with Crippen LogP contribution < -0.4 is 0 Å². The number of halogens is 3. The van der Waals surface area contributed by atoms with Crippen LogP contribution in [0.3, 0.4) is 0 Å². The van der Waals surface area contributed by atoms with Crippen LogP contribution in [0, 0.1) is 81.2 Å². The Morgan fingerprint density at radius 3 is 1.00 bits per heavy atom. The first-order valence-electron chi connectivity index (χ1n) is 43.5. The van der Waals surface area contributed by atoms with Gasteiger partial charge in [-0.3, -0.25) is 44.9 Å². The third-order valence-corrected chi connectivity index (χ3v) is 22.0. The lowest BCUT2D eigenvalue weighted by Gasteiger charge is -2.22. The zero-order valence-electron chi connectivity index (χ0n) is 84.0. The van der Waals surface area contributed by atoms with Gasteiger partial charge in [0.15, 0.2) is 5.69 Å². The van der Waals surface area contributed by atoms with Crippen molar-refractivity contribution < 1.29 is 5.11 Å². The number of rotatable bonds is 4. The van der Waals surface area contributed by atoms with Crippen molar-refractivity contribution in [2.45, 2.75) is 338 Å². The summed E-state index contributed by atoms with van der Waals surface area (Å²) in [7, 11) is 0. The number of aliphatic hydroxyl groups is 1. The lowest BCUT2D eigenvalue weighted by Crippen LogP contribution is -2.14. The maximum atomic E-state index is 9.07. The second kappa shape index (κ2) is 52.2. The fourth-order valence-corrected chi connectivity index (χ4v) is 14.6. The maximum Gasteiger partial charge on any atom is 0.193 e. The molecule has 1 N–H and O–H groups in total. The molecule has 125 heavy (non-hydrogen) atoms. The van der Waals surface area contributed by atoms with Crippen LogP contribution in [-0.2, 0) is 49.9 Å². The van der Waals surface area contributed by atoms with Crippen molar-refractivity contribution in [3.8, 4) is 12.3 Å². The Morgan fingerprint density at radius 1 is 0.352 bits per heavy atom. The smallest absolute Gasteiger partial charge is 0.193 e. The molecule has 676 valence electrons. The minimum absolute atomic E-state index is 0.00808. The molecule has 0 amide bonds. The highest BCUT2D eigenvalue weighted by molar-refractivity contribution is 9.10. The summed E-state index contributed by atoms with van der Waals surface area (Å²) in [4.78, 5) is 40.4. The summed E-state index contributed by atoms with van der Waals surface area (Å²) in [5.41, 5.74) is 29.2. The van der Waals surface area contributed by atoms with Gasteiger partial charge in [-0.15, -0.1) is 6.42 Å². The third kappa shape index (κ3) is 41.0. The van der Waals surface area contributed by atoms with E-state index in [1.165, 1.54) is 83.5 Å². The van der Waals surface area contributed by atoms with E-state index in [1.54, 1.807) is 43.2 Å². The van der Waals surface area contributed by atoms with Gasteiger partial charge >= 0.3 is 0 Å². The predicted molar refractivity (Wildman–Crippen MR) is 543 cm³/mol. The van der Waals surface area contributed by atoms with E-state index in [4.69, 9.17) is 41.3 Å². The van der Waals surface area contributed by atoms with E-state index in [-0.39, 0.29) is 49.9 Å². The van der Waals surface area contributed by atoms with Gasteiger partial charge in [0.2, 0.25) is 0 Å². The van der Waals surface area contributed by atoms with Crippen LogP contribution in [0.5, 0.6) is 0 Å². The van der Waals surface area contributed by atoms with Crippen molar-refractivity contribution in [1.29, 1.82) is 0 Å². The van der Waals surface area contributed by atoms with Crippen LogP contribution in [0.1, 0.15) is 348 Å². The van der Waals surface area contributed by atoms with Crippen molar-refractivity contribution in [1.82, 2.24) is 44.9 Å². The molecule has 0 fully saturated rings. The Morgan fingerprint density at radius 2 is 0.696 bits per heavy atom. The highest BCUT2D eigenvalue weighted by Crippen LogP contribution is 2.34. The van der Waals surface area contributed by atoms with Crippen molar-refractivity contribution in [3.63, 3.8) is 0 Å². The van der Waals surface area contributed by atoms with E-state index in [1.807, 2.05) is 112 Å². The molecule has 0 saturated heterocycles. The SMILES string of the molecule is C#Cc1ccncc1C(C)(C)C.CC(C)(C)c1cnccc1Br.CC(C)(C)c1cnccc1Cl.Cc1c(CO)cncc1C(C)(C)C.Cc1c(Cl)cccc1C(C)C.Cc1cc(C)c(C(C)C)cn1.Cc1cccc(C(C)C)c1C.Cc1ccncc1C(C)(C)C.Cc1ccncc1C(C)(C)C.Cc1ccncc1C(C)(C)C.[C-]#[N+]c1ccncc1C(C)(C)C. The zero-order valence-corrected chi connectivity index (χ0v) is 87.1. The molecule has 0 saturated carbocycles. The number of benzene rings is 2. The molecule has 11 aromatic rings. The molecule has 14 heteroatoms. The number of terminal acetylenes is 1. The van der Waals surface area contributed by atoms with Crippen LogP contribution in [0.15, 0.2) is 195 Å². The third-order valence-electron chi connectivity index (χ3n) is 20.6. The molecular formula is C111H155BrCl2N10O. The van der Waals surface area contributed by atoms with Gasteiger partial charge in [-0.25, -0.2) is 4.85 Å². The number of aliphatic hydroxyl groups excluding tert-OH is 1. The number of hydrogen-bond acceptors (Lipinski definition) is 10. The Balaban J connectivity index is 0.000000688. The number of hydrogen-bond donors (Lipinski definition) is 1. The topological polar surface area (TPSA) is 141 Å². The molecule has 0 unspecified atom stereocenters. The van der Waals surface area contributed by atoms with Crippen molar-refractivity contribution in [2.75, 3.05) is 0 Å². The van der Waals surface area contributed by atoms with Gasteiger partial charge in [-0.2, -0.15) is 0 Å². The van der Waals surface area contributed by atoms with Gasteiger partial charge in [0.05, 0.1) is 13.2 Å². The van der Waals surface area contributed by atoms with Gasteiger partial charge in [0.25, 0.3) is 0 Å². The molecule has 0 aliphatic rings. The number of nitrogens with zero attached hydrogens (tertiary/aromatic N) is 10. The molecule has 11 nitrogen and oxygen atoms in total. The summed E-state index contributed by atoms with van der Waals surface area (Å²) in [6.45, 7) is 91.1.